The van der Waals surface area contributed by atoms with Crippen molar-refractivity contribution >= 4 is 9.84 Å². The molecule has 26 heavy (non-hydrogen) atoms. The molecule has 0 amide bonds. The van der Waals surface area contributed by atoms with Crippen molar-refractivity contribution in [1.29, 1.82) is 0 Å². The van der Waals surface area contributed by atoms with Gasteiger partial charge >= 0.3 is 0 Å². The van der Waals surface area contributed by atoms with E-state index in [4.69, 9.17) is 24.4 Å². The van der Waals surface area contributed by atoms with E-state index in [9.17, 15) is 8.42 Å². The lowest BCUT2D eigenvalue weighted by molar-refractivity contribution is 0.102. The Kier molecular flexibility index (Phi) is 5.77. The van der Waals surface area contributed by atoms with Gasteiger partial charge in [-0.15, -0.1) is 0 Å². The molecule has 2 aliphatic rings. The second-order valence-electron chi connectivity index (χ2n) is 5.94. The molecular formula is C18H20O7S. The Morgan fingerprint density at radius 1 is 0.808 bits per heavy atom. The molecule has 0 saturated carbocycles. The zero-order valence-corrected chi connectivity index (χ0v) is 14.8. The number of sulfone groups is 1. The Hall–Kier alpha value is -2.13. The average molecular weight is 380 g/mol. The van der Waals surface area contributed by atoms with E-state index in [0.717, 1.165) is 26.4 Å². The highest BCUT2D eigenvalue weighted by Gasteiger charge is 2.26. The van der Waals surface area contributed by atoms with Crippen molar-refractivity contribution in [2.45, 2.75) is 22.0 Å². The molecule has 2 aromatic rings. The molecule has 2 heterocycles. The van der Waals surface area contributed by atoms with E-state index >= 15 is 0 Å². The summed E-state index contributed by atoms with van der Waals surface area (Å²) in [5, 5.41) is 18.2. The summed E-state index contributed by atoms with van der Waals surface area (Å²) in [6, 6.07) is 10.6. The minimum Gasteiger partial charge on any atom is -0.508 e. The van der Waals surface area contributed by atoms with Gasteiger partial charge in [-0.1, -0.05) is 0 Å². The third-order valence-electron chi connectivity index (χ3n) is 3.71. The Morgan fingerprint density at radius 3 is 1.46 bits per heavy atom. The number of benzene rings is 2. The predicted octanol–water partition coefficient (Wildman–Crippen LogP) is 1.73. The van der Waals surface area contributed by atoms with Crippen molar-refractivity contribution in [1.82, 2.24) is 0 Å². The van der Waals surface area contributed by atoms with E-state index in [2.05, 4.69) is 0 Å². The number of hydrogen-bond donors (Lipinski definition) is 2. The zero-order valence-electron chi connectivity index (χ0n) is 13.9. The topological polar surface area (TPSA) is 109 Å². The van der Waals surface area contributed by atoms with Crippen LogP contribution in [-0.2, 0) is 24.0 Å². The number of rotatable bonds is 6. The van der Waals surface area contributed by atoms with Crippen molar-refractivity contribution in [2.75, 3.05) is 26.4 Å². The summed E-state index contributed by atoms with van der Waals surface area (Å²) in [7, 11) is -3.59. The van der Waals surface area contributed by atoms with Crippen LogP contribution in [0.15, 0.2) is 58.3 Å². The van der Waals surface area contributed by atoms with Crippen LogP contribution < -0.4 is 0 Å². The summed E-state index contributed by atoms with van der Waals surface area (Å²) in [5.74, 6) is 0.0179. The lowest BCUT2D eigenvalue weighted by atomic mass is 10.3. The van der Waals surface area contributed by atoms with E-state index in [1.807, 2.05) is 0 Å². The highest BCUT2D eigenvalue weighted by molar-refractivity contribution is 7.91. The Balaban J connectivity index is 0.000000181. The third-order valence-corrected chi connectivity index (χ3v) is 5.49. The zero-order chi connectivity index (χ0) is 18.6. The summed E-state index contributed by atoms with van der Waals surface area (Å²) in [4.78, 5) is 0.196. The first-order valence-electron chi connectivity index (χ1n) is 8.09. The van der Waals surface area contributed by atoms with Crippen molar-refractivity contribution in [3.63, 3.8) is 0 Å². The Labute approximate surface area is 151 Å². The highest BCUT2D eigenvalue weighted by Crippen LogP contribution is 2.23. The number of phenolic OH excluding ortho intramolecular Hbond substituents is 2. The fourth-order valence-electron chi connectivity index (χ4n) is 2.05. The molecule has 2 atom stereocenters. The van der Waals surface area contributed by atoms with E-state index in [0.29, 0.717) is 12.2 Å². The summed E-state index contributed by atoms with van der Waals surface area (Å²) >= 11 is 0. The van der Waals surface area contributed by atoms with Crippen LogP contribution in [0.4, 0.5) is 0 Å². The average Bonchev–Trinajstić information content (AvgIpc) is 3.52. The van der Waals surface area contributed by atoms with Crippen molar-refractivity contribution in [3.8, 4) is 11.5 Å². The first-order valence-corrected chi connectivity index (χ1v) is 9.57. The Bertz CT molecular complexity index is 744. The maximum absolute atomic E-state index is 12.1. The highest BCUT2D eigenvalue weighted by atomic mass is 32.2. The van der Waals surface area contributed by atoms with Crippen LogP contribution in [0.1, 0.15) is 0 Å². The summed E-state index contributed by atoms with van der Waals surface area (Å²) in [6.45, 7) is 3.26. The normalized spacial score (nSPS) is 20.8. The van der Waals surface area contributed by atoms with Gasteiger partial charge in [0.25, 0.3) is 0 Å². The van der Waals surface area contributed by atoms with Crippen LogP contribution in [-0.4, -0.2) is 57.3 Å². The van der Waals surface area contributed by atoms with Gasteiger partial charge in [-0.2, -0.15) is 0 Å². The number of epoxide rings is 2. The van der Waals surface area contributed by atoms with Gasteiger partial charge in [0, 0.05) is 0 Å². The summed E-state index contributed by atoms with van der Waals surface area (Å²) in [5.41, 5.74) is 0. The quantitative estimate of drug-likeness (QED) is 0.735. The van der Waals surface area contributed by atoms with E-state index in [1.54, 1.807) is 0 Å². The van der Waals surface area contributed by atoms with Gasteiger partial charge in [-0.3, -0.25) is 0 Å². The van der Waals surface area contributed by atoms with Crippen molar-refractivity contribution < 1.29 is 32.8 Å². The maximum Gasteiger partial charge on any atom is 0.206 e. The first-order chi connectivity index (χ1) is 12.4. The second kappa shape index (κ2) is 8.05. The standard InChI is InChI=1S/C12H10O4S.C6H10O3/c13-9-1-5-11(6-2-9)17(15,16)12-7-3-10(14)4-8-12;1(5-3-8-5)7-2-6-4-9-6/h1-8,13-14H;5-6H,1-4H2. The predicted molar refractivity (Wildman–Crippen MR) is 92.0 cm³/mol. The molecule has 140 valence electrons. The molecule has 0 aliphatic carbocycles. The largest absolute Gasteiger partial charge is 0.508 e. The molecule has 0 spiro atoms. The molecule has 7 nitrogen and oxygen atoms in total. The molecule has 2 saturated heterocycles. The minimum atomic E-state index is -3.59. The minimum absolute atomic E-state index is 0.00894. The number of hydrogen-bond acceptors (Lipinski definition) is 7. The van der Waals surface area contributed by atoms with Gasteiger partial charge < -0.3 is 24.4 Å². The van der Waals surface area contributed by atoms with Crippen LogP contribution in [0.2, 0.25) is 0 Å². The monoisotopic (exact) mass is 380 g/mol. The van der Waals surface area contributed by atoms with E-state index in [1.165, 1.54) is 48.5 Å². The molecule has 0 bridgehead atoms. The molecule has 2 unspecified atom stereocenters. The van der Waals surface area contributed by atoms with Gasteiger partial charge in [-0.25, -0.2) is 8.42 Å². The molecule has 0 radical (unpaired) electrons. The number of ether oxygens (including phenoxy) is 3. The smallest absolute Gasteiger partial charge is 0.206 e. The molecule has 2 N–H and O–H groups in total. The Morgan fingerprint density at radius 2 is 1.15 bits per heavy atom. The number of phenols is 2. The second-order valence-corrected chi connectivity index (χ2v) is 7.89. The first kappa shape index (κ1) is 18.7. The maximum atomic E-state index is 12.1. The van der Waals surface area contributed by atoms with Gasteiger partial charge in [0.2, 0.25) is 9.84 Å². The van der Waals surface area contributed by atoms with Crippen LogP contribution in [0.3, 0.4) is 0 Å². The van der Waals surface area contributed by atoms with Crippen LogP contribution in [0, 0.1) is 0 Å². The van der Waals surface area contributed by atoms with E-state index in [-0.39, 0.29) is 21.3 Å². The molecule has 2 aromatic carbocycles. The molecule has 0 aromatic heterocycles. The fourth-order valence-corrected chi connectivity index (χ4v) is 3.31. The lowest BCUT2D eigenvalue weighted by Crippen LogP contribution is -2.06. The van der Waals surface area contributed by atoms with Crippen LogP contribution >= 0.6 is 0 Å². The molecular weight excluding hydrogens is 360 g/mol. The summed E-state index contributed by atoms with van der Waals surface area (Å²) < 4.78 is 39.3. The molecule has 8 heteroatoms. The molecule has 4 rings (SSSR count). The molecule has 2 fully saturated rings. The van der Waals surface area contributed by atoms with Crippen LogP contribution in [0.25, 0.3) is 0 Å². The van der Waals surface area contributed by atoms with Crippen molar-refractivity contribution in [2.24, 2.45) is 0 Å². The van der Waals surface area contributed by atoms with Gasteiger partial charge in [0.05, 0.1) is 36.2 Å². The third kappa shape index (κ3) is 5.43. The number of aromatic hydroxyl groups is 2. The van der Waals surface area contributed by atoms with Gasteiger partial charge in [0.15, 0.2) is 0 Å². The lowest BCUT2D eigenvalue weighted by Gasteiger charge is -2.04. The van der Waals surface area contributed by atoms with Crippen LogP contribution in [0.5, 0.6) is 11.5 Å². The van der Waals surface area contributed by atoms with Crippen molar-refractivity contribution in [3.05, 3.63) is 48.5 Å². The van der Waals surface area contributed by atoms with Gasteiger partial charge in [-0.05, 0) is 48.5 Å². The SMILES string of the molecule is C(OCC1CO1)C1CO1.O=S(=O)(c1ccc(O)cc1)c1ccc(O)cc1. The fraction of sp³-hybridized carbons (Fsp3) is 0.333. The summed E-state index contributed by atoms with van der Waals surface area (Å²) in [6.07, 6.45) is 0.785. The van der Waals surface area contributed by atoms with E-state index < -0.39 is 9.84 Å². The molecule has 2 aliphatic heterocycles. The van der Waals surface area contributed by atoms with Gasteiger partial charge in [0.1, 0.15) is 23.7 Å².